The summed E-state index contributed by atoms with van der Waals surface area (Å²) in [5.74, 6) is -0.322. The number of nitrogens with zero attached hydrogens (tertiary/aromatic N) is 2. The van der Waals surface area contributed by atoms with E-state index in [0.717, 1.165) is 0 Å². The Morgan fingerprint density at radius 3 is 2.17 bits per heavy atom. The molecule has 0 aliphatic carbocycles. The predicted octanol–water partition coefficient (Wildman–Crippen LogP) is 3.96. The van der Waals surface area contributed by atoms with Crippen molar-refractivity contribution in [1.82, 2.24) is 0 Å². The van der Waals surface area contributed by atoms with Crippen molar-refractivity contribution in [1.29, 1.82) is 0 Å². The van der Waals surface area contributed by atoms with Gasteiger partial charge in [-0.25, -0.2) is 0 Å². The Morgan fingerprint density at radius 1 is 0.875 bits per heavy atom. The first-order valence-electron chi connectivity index (χ1n) is 6.86. The first-order chi connectivity index (χ1) is 11.5. The summed E-state index contributed by atoms with van der Waals surface area (Å²) >= 11 is 0. The van der Waals surface area contributed by atoms with E-state index in [0.29, 0.717) is 11.1 Å². The van der Waals surface area contributed by atoms with Gasteiger partial charge in [-0.1, -0.05) is 24.3 Å². The normalized spacial score (nSPS) is 11.0. The number of non-ortho nitro benzene ring substituents is 1. The fourth-order valence-electron chi connectivity index (χ4n) is 1.94. The van der Waals surface area contributed by atoms with Crippen LogP contribution in [0.4, 0.5) is 11.4 Å². The molecule has 0 N–H and O–H groups in total. The second kappa shape index (κ2) is 7.59. The van der Waals surface area contributed by atoms with Crippen LogP contribution in [0.1, 0.15) is 15.9 Å². The lowest BCUT2D eigenvalue weighted by Gasteiger charge is -1.96. The third kappa shape index (κ3) is 4.20. The molecule has 0 spiro atoms. The van der Waals surface area contributed by atoms with Crippen LogP contribution in [0.25, 0.3) is 6.08 Å². The van der Waals surface area contributed by atoms with E-state index in [1.165, 1.54) is 54.6 Å². The summed E-state index contributed by atoms with van der Waals surface area (Å²) in [6, 6.07) is 11.5. The number of hydrogen-bond acceptors (Lipinski definition) is 5. The van der Waals surface area contributed by atoms with Crippen LogP contribution in [0.5, 0.6) is 0 Å². The molecule has 120 valence electrons. The highest BCUT2D eigenvalue weighted by molar-refractivity contribution is 6.04. The van der Waals surface area contributed by atoms with Crippen LogP contribution in [-0.4, -0.2) is 15.6 Å². The van der Waals surface area contributed by atoms with E-state index in [1.54, 1.807) is 18.2 Å². The number of benzene rings is 2. The minimum absolute atomic E-state index is 0.0242. The van der Waals surface area contributed by atoms with Gasteiger partial charge >= 0.3 is 0 Å². The highest BCUT2D eigenvalue weighted by Crippen LogP contribution is 2.19. The van der Waals surface area contributed by atoms with Gasteiger partial charge in [-0.15, -0.1) is 0 Å². The fraction of sp³-hybridized carbons (Fsp3) is 0. The second-order valence-electron chi connectivity index (χ2n) is 4.70. The highest BCUT2D eigenvalue weighted by Gasteiger charge is 2.09. The van der Waals surface area contributed by atoms with Crippen LogP contribution in [-0.2, 0) is 0 Å². The fourth-order valence-corrected chi connectivity index (χ4v) is 1.94. The number of nitro groups is 2. The summed E-state index contributed by atoms with van der Waals surface area (Å²) in [4.78, 5) is 32.3. The number of carbonyl (C=O) groups excluding carboxylic acids is 1. The van der Waals surface area contributed by atoms with Gasteiger partial charge in [0.1, 0.15) is 0 Å². The average Bonchev–Trinajstić information content (AvgIpc) is 2.58. The molecule has 0 aromatic heterocycles. The second-order valence-corrected chi connectivity index (χ2v) is 4.70. The predicted molar refractivity (Wildman–Crippen MR) is 88.7 cm³/mol. The van der Waals surface area contributed by atoms with Gasteiger partial charge in [-0.3, -0.25) is 25.0 Å². The van der Waals surface area contributed by atoms with E-state index in [4.69, 9.17) is 0 Å². The van der Waals surface area contributed by atoms with E-state index < -0.39 is 9.85 Å². The minimum Gasteiger partial charge on any atom is -0.289 e. The molecular weight excluding hydrogens is 312 g/mol. The van der Waals surface area contributed by atoms with Gasteiger partial charge in [-0.2, -0.15) is 0 Å². The van der Waals surface area contributed by atoms with Crippen molar-refractivity contribution in [3.63, 3.8) is 0 Å². The summed E-state index contributed by atoms with van der Waals surface area (Å²) < 4.78 is 0. The number of para-hydroxylation sites is 1. The molecule has 0 aliphatic heterocycles. The molecule has 0 heterocycles. The highest BCUT2D eigenvalue weighted by atomic mass is 16.6. The molecule has 0 amide bonds. The Kier molecular flexibility index (Phi) is 5.30. The lowest BCUT2D eigenvalue weighted by Crippen LogP contribution is -1.95. The van der Waals surface area contributed by atoms with Crippen LogP contribution in [0.3, 0.4) is 0 Å². The third-order valence-electron chi connectivity index (χ3n) is 3.13. The zero-order valence-corrected chi connectivity index (χ0v) is 12.4. The van der Waals surface area contributed by atoms with Gasteiger partial charge < -0.3 is 0 Å². The number of nitro benzene ring substituents is 2. The van der Waals surface area contributed by atoms with Crippen LogP contribution in [0.15, 0.2) is 66.8 Å². The van der Waals surface area contributed by atoms with Gasteiger partial charge in [0.15, 0.2) is 5.78 Å². The smallest absolute Gasteiger partial charge is 0.276 e. The Morgan fingerprint density at radius 2 is 1.54 bits per heavy atom. The van der Waals surface area contributed by atoms with Gasteiger partial charge in [0, 0.05) is 23.8 Å². The first kappa shape index (κ1) is 16.8. The molecule has 0 saturated heterocycles. The van der Waals surface area contributed by atoms with Crippen molar-refractivity contribution < 1.29 is 14.6 Å². The van der Waals surface area contributed by atoms with Crippen molar-refractivity contribution >= 4 is 23.2 Å². The van der Waals surface area contributed by atoms with E-state index in [-0.39, 0.29) is 17.2 Å². The number of carbonyl (C=O) groups is 1. The minimum atomic E-state index is -0.542. The molecule has 7 heteroatoms. The topological polar surface area (TPSA) is 103 Å². The number of hydrogen-bond donors (Lipinski definition) is 0. The summed E-state index contributed by atoms with van der Waals surface area (Å²) in [7, 11) is 0. The molecular formula is C17H12N2O5. The molecule has 0 unspecified atom stereocenters. The number of rotatable bonds is 6. The van der Waals surface area contributed by atoms with Gasteiger partial charge in [0.25, 0.3) is 11.4 Å². The summed E-state index contributed by atoms with van der Waals surface area (Å²) in [6.45, 7) is 0. The van der Waals surface area contributed by atoms with E-state index >= 15 is 0 Å². The average molecular weight is 324 g/mol. The van der Waals surface area contributed by atoms with Crippen LogP contribution >= 0.6 is 0 Å². The molecule has 0 fully saturated rings. The molecule has 7 nitrogen and oxygen atoms in total. The van der Waals surface area contributed by atoms with Crippen molar-refractivity contribution in [3.8, 4) is 0 Å². The van der Waals surface area contributed by atoms with E-state index in [1.807, 2.05) is 0 Å². The van der Waals surface area contributed by atoms with Gasteiger partial charge in [0.2, 0.25) is 0 Å². The van der Waals surface area contributed by atoms with Crippen molar-refractivity contribution in [2.24, 2.45) is 0 Å². The van der Waals surface area contributed by atoms with Crippen molar-refractivity contribution in [3.05, 3.63) is 98.1 Å². The van der Waals surface area contributed by atoms with Crippen LogP contribution < -0.4 is 0 Å². The Balaban J connectivity index is 2.07. The molecule has 0 aliphatic rings. The molecule has 2 rings (SSSR count). The van der Waals surface area contributed by atoms with Gasteiger partial charge in [0.05, 0.1) is 15.4 Å². The summed E-state index contributed by atoms with van der Waals surface area (Å²) in [5.41, 5.74) is 0.626. The molecule has 0 atom stereocenters. The van der Waals surface area contributed by atoms with E-state index in [9.17, 15) is 25.0 Å². The monoisotopic (exact) mass is 324 g/mol. The lowest BCUT2D eigenvalue weighted by molar-refractivity contribution is -0.385. The molecule has 2 aromatic carbocycles. The molecule has 0 radical (unpaired) electrons. The maximum atomic E-state index is 11.9. The largest absolute Gasteiger partial charge is 0.289 e. The number of ketones is 1. The molecule has 0 saturated carbocycles. The SMILES string of the molecule is O=C(/C=C/C=C/c1ccccc1[N+](=O)[O-])c1ccc([N+](=O)[O-])cc1. The Hall–Kier alpha value is -3.61. The maximum absolute atomic E-state index is 11.9. The summed E-state index contributed by atoms with van der Waals surface area (Å²) in [5, 5.41) is 21.4. The van der Waals surface area contributed by atoms with Crippen molar-refractivity contribution in [2.45, 2.75) is 0 Å². The Bertz CT molecular complexity index is 838. The van der Waals surface area contributed by atoms with Crippen molar-refractivity contribution in [2.75, 3.05) is 0 Å². The lowest BCUT2D eigenvalue weighted by atomic mass is 10.1. The molecule has 24 heavy (non-hydrogen) atoms. The van der Waals surface area contributed by atoms with Gasteiger partial charge in [-0.05, 0) is 30.4 Å². The number of allylic oxidation sites excluding steroid dienone is 3. The molecule has 0 bridgehead atoms. The maximum Gasteiger partial charge on any atom is 0.276 e. The summed E-state index contributed by atoms with van der Waals surface area (Å²) in [6.07, 6.45) is 5.79. The zero-order chi connectivity index (χ0) is 17.5. The first-order valence-corrected chi connectivity index (χ1v) is 6.86. The quantitative estimate of drug-likeness (QED) is 0.263. The zero-order valence-electron chi connectivity index (χ0n) is 12.4. The standard InChI is InChI=1S/C17H12N2O5/c20-17(14-9-11-15(12-10-14)18(21)22)8-4-2-6-13-5-1-3-7-16(13)19(23)24/h1-12H/b6-2+,8-4+. The molecule has 2 aromatic rings. The van der Waals surface area contributed by atoms with E-state index in [2.05, 4.69) is 0 Å². The third-order valence-corrected chi connectivity index (χ3v) is 3.13. The van der Waals surface area contributed by atoms with Crippen LogP contribution in [0, 0.1) is 20.2 Å². The Labute approximate surface area is 136 Å². The van der Waals surface area contributed by atoms with Crippen LogP contribution in [0.2, 0.25) is 0 Å².